The summed E-state index contributed by atoms with van der Waals surface area (Å²) >= 11 is 6.19. The lowest BCUT2D eigenvalue weighted by Gasteiger charge is -2.32. The van der Waals surface area contributed by atoms with Crippen molar-refractivity contribution in [1.82, 2.24) is 15.2 Å². The van der Waals surface area contributed by atoms with Crippen LogP contribution in [-0.4, -0.2) is 46.7 Å². The van der Waals surface area contributed by atoms with Crippen molar-refractivity contribution in [2.45, 2.75) is 25.3 Å². The average molecular weight is 449 g/mol. The summed E-state index contributed by atoms with van der Waals surface area (Å²) in [5, 5.41) is 7.25. The van der Waals surface area contributed by atoms with Gasteiger partial charge in [-0.25, -0.2) is 0 Å². The largest absolute Gasteiger partial charge is 0.349 e. The number of pyridine rings is 1. The van der Waals surface area contributed by atoms with Gasteiger partial charge in [-0.05, 0) is 54.8 Å². The number of nitrogens with zero attached hydrogens (tertiary/aromatic N) is 2. The fourth-order valence-electron chi connectivity index (χ4n) is 4.29. The van der Waals surface area contributed by atoms with E-state index < -0.39 is 0 Å². The van der Waals surface area contributed by atoms with Gasteiger partial charge in [-0.2, -0.15) is 0 Å². The quantitative estimate of drug-likeness (QED) is 0.642. The van der Waals surface area contributed by atoms with Crippen molar-refractivity contribution in [3.8, 4) is 0 Å². The highest BCUT2D eigenvalue weighted by Gasteiger charge is 2.26. The number of rotatable bonds is 3. The van der Waals surface area contributed by atoms with Crippen LogP contribution in [0.4, 0.5) is 5.69 Å². The molecule has 2 N–H and O–H groups in total. The number of fused-ring (bicyclic) bond motifs is 2. The van der Waals surface area contributed by atoms with Gasteiger partial charge in [-0.1, -0.05) is 17.7 Å². The number of aromatic nitrogens is 1. The van der Waals surface area contributed by atoms with Crippen molar-refractivity contribution in [3.63, 3.8) is 0 Å². The van der Waals surface area contributed by atoms with Gasteiger partial charge in [0.15, 0.2) is 0 Å². The van der Waals surface area contributed by atoms with E-state index in [0.29, 0.717) is 54.0 Å². The molecular formula is C24H21ClN4O3. The highest BCUT2D eigenvalue weighted by molar-refractivity contribution is 6.35. The molecule has 1 aromatic heterocycles. The second kappa shape index (κ2) is 8.24. The summed E-state index contributed by atoms with van der Waals surface area (Å²) in [6, 6.07) is 12.3. The smallest absolute Gasteiger partial charge is 0.253 e. The van der Waals surface area contributed by atoms with E-state index in [4.69, 9.17) is 11.6 Å². The Hall–Kier alpha value is -3.45. The van der Waals surface area contributed by atoms with Crippen LogP contribution in [0.25, 0.3) is 10.9 Å². The van der Waals surface area contributed by atoms with E-state index in [1.54, 1.807) is 47.5 Å². The van der Waals surface area contributed by atoms with Crippen LogP contribution in [0.1, 0.15) is 39.1 Å². The second-order valence-electron chi connectivity index (χ2n) is 8.16. The number of piperidine rings is 1. The summed E-state index contributed by atoms with van der Waals surface area (Å²) in [5.74, 6) is -0.261. The fourth-order valence-corrected chi connectivity index (χ4v) is 4.51. The summed E-state index contributed by atoms with van der Waals surface area (Å²) in [4.78, 5) is 43.2. The van der Waals surface area contributed by atoms with E-state index in [9.17, 15) is 14.4 Å². The third-order valence-electron chi connectivity index (χ3n) is 6.05. The molecule has 0 atom stereocenters. The van der Waals surface area contributed by atoms with Crippen LogP contribution < -0.4 is 10.6 Å². The molecule has 0 aliphatic carbocycles. The topological polar surface area (TPSA) is 91.4 Å². The van der Waals surface area contributed by atoms with Crippen LogP contribution in [0.2, 0.25) is 5.02 Å². The molecule has 2 aromatic carbocycles. The standard InChI is InChI=1S/C24H21ClN4O3/c25-19-5-8-26-21-12-15(1-3-18(19)21)24(32)29-9-6-17(7-10-29)27-23(31)14-2-4-20-16(11-14)13-22(30)28-20/h1-5,8,11-12,17H,6-7,9-10,13H2,(H,27,31)(H,28,30). The molecule has 162 valence electrons. The van der Waals surface area contributed by atoms with Gasteiger partial charge < -0.3 is 15.5 Å². The summed E-state index contributed by atoms with van der Waals surface area (Å²) in [6.07, 6.45) is 3.29. The molecule has 0 radical (unpaired) electrons. The maximum atomic E-state index is 13.0. The van der Waals surface area contributed by atoms with E-state index in [1.807, 2.05) is 6.07 Å². The molecule has 0 saturated carbocycles. The first-order valence-corrected chi connectivity index (χ1v) is 10.9. The summed E-state index contributed by atoms with van der Waals surface area (Å²) in [7, 11) is 0. The third kappa shape index (κ3) is 3.91. The van der Waals surface area contributed by atoms with E-state index in [0.717, 1.165) is 16.6 Å². The Bertz CT molecular complexity index is 1250. The van der Waals surface area contributed by atoms with Gasteiger partial charge in [0.2, 0.25) is 5.91 Å². The van der Waals surface area contributed by atoms with Crippen molar-refractivity contribution in [2.24, 2.45) is 0 Å². The third-order valence-corrected chi connectivity index (χ3v) is 6.38. The Kier molecular flexibility index (Phi) is 5.27. The Labute approximate surface area is 189 Å². The van der Waals surface area contributed by atoms with Gasteiger partial charge >= 0.3 is 0 Å². The number of halogens is 1. The Morgan fingerprint density at radius 3 is 2.66 bits per heavy atom. The highest BCUT2D eigenvalue weighted by atomic mass is 35.5. The van der Waals surface area contributed by atoms with Gasteiger partial charge in [-0.3, -0.25) is 19.4 Å². The highest BCUT2D eigenvalue weighted by Crippen LogP contribution is 2.25. The Morgan fingerprint density at radius 2 is 1.84 bits per heavy atom. The average Bonchev–Trinajstić information content (AvgIpc) is 3.18. The lowest BCUT2D eigenvalue weighted by atomic mass is 10.0. The van der Waals surface area contributed by atoms with E-state index in [1.165, 1.54) is 0 Å². The predicted octanol–water partition coefficient (Wildman–Crippen LogP) is 3.42. The Balaban J connectivity index is 1.20. The van der Waals surface area contributed by atoms with Crippen molar-refractivity contribution in [1.29, 1.82) is 0 Å². The molecule has 1 fully saturated rings. The van der Waals surface area contributed by atoms with Gasteiger partial charge in [0.05, 0.1) is 17.0 Å². The second-order valence-corrected chi connectivity index (χ2v) is 8.57. The number of amides is 3. The van der Waals surface area contributed by atoms with Gasteiger partial charge in [-0.15, -0.1) is 0 Å². The van der Waals surface area contributed by atoms with Gasteiger partial charge in [0.25, 0.3) is 11.8 Å². The molecule has 3 amide bonds. The zero-order valence-corrected chi connectivity index (χ0v) is 18.0. The zero-order valence-electron chi connectivity index (χ0n) is 17.2. The minimum absolute atomic E-state index is 0.00311. The van der Waals surface area contributed by atoms with E-state index in [2.05, 4.69) is 15.6 Å². The molecule has 0 unspecified atom stereocenters. The number of hydrogen-bond acceptors (Lipinski definition) is 4. The zero-order chi connectivity index (χ0) is 22.2. The number of carbonyl (C=O) groups is 3. The monoisotopic (exact) mass is 448 g/mol. The number of carbonyl (C=O) groups excluding carboxylic acids is 3. The van der Waals surface area contributed by atoms with E-state index in [-0.39, 0.29) is 23.8 Å². The van der Waals surface area contributed by atoms with Crippen LogP contribution in [0, 0.1) is 0 Å². The number of benzene rings is 2. The predicted molar refractivity (Wildman–Crippen MR) is 122 cm³/mol. The van der Waals surface area contributed by atoms with Crippen LogP contribution in [0.15, 0.2) is 48.7 Å². The van der Waals surface area contributed by atoms with E-state index >= 15 is 0 Å². The molecule has 8 heteroatoms. The minimum Gasteiger partial charge on any atom is -0.349 e. The lowest BCUT2D eigenvalue weighted by Crippen LogP contribution is -2.46. The number of anilines is 1. The van der Waals surface area contributed by atoms with Crippen LogP contribution in [-0.2, 0) is 11.2 Å². The van der Waals surface area contributed by atoms with Crippen LogP contribution >= 0.6 is 11.6 Å². The first-order chi connectivity index (χ1) is 15.5. The van der Waals surface area contributed by atoms with Crippen molar-refractivity contribution >= 4 is 45.9 Å². The first-order valence-electron chi connectivity index (χ1n) is 10.5. The molecule has 0 bridgehead atoms. The molecule has 0 spiro atoms. The van der Waals surface area contributed by atoms with Crippen molar-refractivity contribution in [2.75, 3.05) is 18.4 Å². The SMILES string of the molecule is O=C1Cc2cc(C(=O)NC3CCN(C(=O)c4ccc5c(Cl)ccnc5c4)CC3)ccc2N1. The lowest BCUT2D eigenvalue weighted by molar-refractivity contribution is -0.115. The van der Waals surface area contributed by atoms with Gasteiger partial charge in [0.1, 0.15) is 0 Å². The number of hydrogen-bond donors (Lipinski definition) is 2. The minimum atomic E-state index is -0.158. The first kappa shape index (κ1) is 20.5. The summed E-state index contributed by atoms with van der Waals surface area (Å²) < 4.78 is 0. The van der Waals surface area contributed by atoms with Gasteiger partial charge in [0, 0.05) is 47.5 Å². The molecule has 1 saturated heterocycles. The van der Waals surface area contributed by atoms with Crippen molar-refractivity contribution in [3.05, 3.63) is 70.4 Å². The summed E-state index contributed by atoms with van der Waals surface area (Å²) in [6.45, 7) is 1.13. The maximum Gasteiger partial charge on any atom is 0.253 e. The normalized spacial score (nSPS) is 16.0. The molecule has 3 aromatic rings. The molecule has 2 aliphatic heterocycles. The molecule has 5 rings (SSSR count). The molecular weight excluding hydrogens is 428 g/mol. The number of nitrogens with one attached hydrogen (secondary N) is 2. The van der Waals surface area contributed by atoms with Crippen LogP contribution in [0.5, 0.6) is 0 Å². The van der Waals surface area contributed by atoms with Crippen LogP contribution in [0.3, 0.4) is 0 Å². The Morgan fingerprint density at radius 1 is 1.06 bits per heavy atom. The molecule has 7 nitrogen and oxygen atoms in total. The maximum absolute atomic E-state index is 13.0. The molecule has 3 heterocycles. The fraction of sp³-hybridized carbons (Fsp3) is 0.250. The molecule has 2 aliphatic rings. The van der Waals surface area contributed by atoms with Crippen molar-refractivity contribution < 1.29 is 14.4 Å². The molecule has 32 heavy (non-hydrogen) atoms. The number of likely N-dealkylation sites (tertiary alicyclic amines) is 1. The summed E-state index contributed by atoms with van der Waals surface area (Å²) in [5.41, 5.74) is 3.42.